The molecule has 1 aliphatic carbocycles. The molecule has 6 heteroatoms. The minimum absolute atomic E-state index is 0.0802. The minimum Gasteiger partial charge on any atom is -0.349 e. The average Bonchev–Trinajstić information content (AvgIpc) is 3.33. The molecule has 0 unspecified atom stereocenters. The SMILES string of the molecule is Cc1ccc(C(=O)N2CCN([C@@H](C(=O)NCc3ccccn3)C3CCCC3)CC2)cc1. The van der Waals surface area contributed by atoms with E-state index < -0.39 is 0 Å². The summed E-state index contributed by atoms with van der Waals surface area (Å²) in [5, 5.41) is 3.11. The fraction of sp³-hybridized carbons (Fsp3) is 0.480. The Morgan fingerprint density at radius 2 is 1.74 bits per heavy atom. The topological polar surface area (TPSA) is 65.5 Å². The molecule has 0 radical (unpaired) electrons. The highest BCUT2D eigenvalue weighted by molar-refractivity contribution is 5.94. The van der Waals surface area contributed by atoms with Crippen molar-refractivity contribution in [3.05, 3.63) is 65.5 Å². The summed E-state index contributed by atoms with van der Waals surface area (Å²) in [5.74, 6) is 0.565. The highest BCUT2D eigenvalue weighted by Crippen LogP contribution is 2.31. The Bertz CT molecular complexity index is 870. The molecular formula is C25H32N4O2. The zero-order valence-electron chi connectivity index (χ0n) is 18.3. The standard InChI is InChI=1S/C25H32N4O2/c1-19-9-11-21(12-10-19)25(31)29-16-14-28(15-17-29)23(20-6-2-3-7-20)24(30)27-18-22-8-4-5-13-26-22/h4-5,8-13,20,23H,2-3,6-7,14-18H2,1H3,(H,27,30)/t23-/m1/s1. The smallest absolute Gasteiger partial charge is 0.253 e. The number of nitrogens with one attached hydrogen (secondary N) is 1. The van der Waals surface area contributed by atoms with E-state index in [9.17, 15) is 9.59 Å². The molecule has 2 aliphatic rings. The molecule has 164 valence electrons. The summed E-state index contributed by atoms with van der Waals surface area (Å²) in [6.07, 6.45) is 6.34. The van der Waals surface area contributed by atoms with Crippen molar-refractivity contribution in [1.29, 1.82) is 0 Å². The number of carbonyl (C=O) groups excluding carboxylic acids is 2. The maximum atomic E-state index is 13.2. The number of carbonyl (C=O) groups is 2. The number of aryl methyl sites for hydroxylation is 1. The monoisotopic (exact) mass is 420 g/mol. The molecule has 1 aromatic carbocycles. The number of hydrogen-bond acceptors (Lipinski definition) is 4. The van der Waals surface area contributed by atoms with Gasteiger partial charge in [0.1, 0.15) is 0 Å². The molecule has 1 N–H and O–H groups in total. The van der Waals surface area contributed by atoms with Crippen LogP contribution in [0, 0.1) is 12.8 Å². The molecule has 2 aromatic rings. The van der Waals surface area contributed by atoms with E-state index in [1.165, 1.54) is 12.8 Å². The lowest BCUT2D eigenvalue weighted by Crippen LogP contribution is -2.57. The van der Waals surface area contributed by atoms with Crippen molar-refractivity contribution < 1.29 is 9.59 Å². The van der Waals surface area contributed by atoms with Gasteiger partial charge in [-0.2, -0.15) is 0 Å². The number of pyridine rings is 1. The molecule has 0 bridgehead atoms. The van der Waals surface area contributed by atoms with Gasteiger partial charge in [-0.25, -0.2) is 0 Å². The van der Waals surface area contributed by atoms with Gasteiger partial charge in [0.2, 0.25) is 5.91 Å². The van der Waals surface area contributed by atoms with E-state index in [1.807, 2.05) is 54.3 Å². The van der Waals surface area contributed by atoms with E-state index >= 15 is 0 Å². The van der Waals surface area contributed by atoms with E-state index in [0.717, 1.165) is 42.8 Å². The molecule has 2 heterocycles. The molecule has 6 nitrogen and oxygen atoms in total. The molecule has 2 amide bonds. The first kappa shape index (κ1) is 21.5. The number of aromatic nitrogens is 1. The minimum atomic E-state index is -0.122. The maximum Gasteiger partial charge on any atom is 0.253 e. The van der Waals surface area contributed by atoms with E-state index in [0.29, 0.717) is 25.6 Å². The lowest BCUT2D eigenvalue weighted by molar-refractivity contribution is -0.129. The third kappa shape index (κ3) is 5.31. The number of nitrogens with zero attached hydrogens (tertiary/aromatic N) is 3. The first-order valence-corrected chi connectivity index (χ1v) is 11.4. The zero-order chi connectivity index (χ0) is 21.6. The third-order valence-electron chi connectivity index (χ3n) is 6.58. The van der Waals surface area contributed by atoms with Crippen LogP contribution in [0.4, 0.5) is 0 Å². The second-order valence-electron chi connectivity index (χ2n) is 8.72. The molecule has 1 saturated carbocycles. The van der Waals surface area contributed by atoms with Crippen molar-refractivity contribution in [2.24, 2.45) is 5.92 Å². The lowest BCUT2D eigenvalue weighted by atomic mass is 9.95. The molecule has 4 rings (SSSR count). The summed E-state index contributed by atoms with van der Waals surface area (Å²) >= 11 is 0. The molecule has 1 saturated heterocycles. The van der Waals surface area contributed by atoms with Gasteiger partial charge in [-0.3, -0.25) is 19.5 Å². The number of piperazine rings is 1. The van der Waals surface area contributed by atoms with Crippen molar-refractivity contribution in [2.75, 3.05) is 26.2 Å². The summed E-state index contributed by atoms with van der Waals surface area (Å²) < 4.78 is 0. The van der Waals surface area contributed by atoms with Crippen LogP contribution in [0.3, 0.4) is 0 Å². The van der Waals surface area contributed by atoms with Gasteiger partial charge in [0, 0.05) is 37.9 Å². The van der Waals surface area contributed by atoms with E-state index in [-0.39, 0.29) is 17.9 Å². The summed E-state index contributed by atoms with van der Waals surface area (Å²) in [6.45, 7) is 5.25. The van der Waals surface area contributed by atoms with Crippen LogP contribution in [0.5, 0.6) is 0 Å². The van der Waals surface area contributed by atoms with Crippen molar-refractivity contribution in [3.63, 3.8) is 0 Å². The van der Waals surface area contributed by atoms with Crippen LogP contribution in [0.15, 0.2) is 48.7 Å². The molecule has 1 atom stereocenters. The molecule has 1 aliphatic heterocycles. The van der Waals surface area contributed by atoms with Gasteiger partial charge >= 0.3 is 0 Å². The third-order valence-corrected chi connectivity index (χ3v) is 6.58. The average molecular weight is 421 g/mol. The molecule has 0 spiro atoms. The zero-order valence-corrected chi connectivity index (χ0v) is 18.3. The Labute approximate surface area is 184 Å². The second kappa shape index (κ2) is 10.1. The van der Waals surface area contributed by atoms with Crippen LogP contribution in [0.1, 0.15) is 47.3 Å². The Morgan fingerprint density at radius 3 is 2.39 bits per heavy atom. The fourth-order valence-corrected chi connectivity index (χ4v) is 4.82. The van der Waals surface area contributed by atoms with Gasteiger partial charge in [0.05, 0.1) is 18.3 Å². The number of rotatable bonds is 6. The molecular weight excluding hydrogens is 388 g/mol. The van der Waals surface area contributed by atoms with Gasteiger partial charge in [0.25, 0.3) is 5.91 Å². The summed E-state index contributed by atoms with van der Waals surface area (Å²) in [5.41, 5.74) is 2.76. The number of amides is 2. The summed E-state index contributed by atoms with van der Waals surface area (Å²) in [4.78, 5) is 34.6. The highest BCUT2D eigenvalue weighted by Gasteiger charge is 2.37. The fourth-order valence-electron chi connectivity index (χ4n) is 4.82. The van der Waals surface area contributed by atoms with Gasteiger partial charge in [0.15, 0.2) is 0 Å². The Morgan fingerprint density at radius 1 is 1.03 bits per heavy atom. The van der Waals surface area contributed by atoms with E-state index in [2.05, 4.69) is 15.2 Å². The largest absolute Gasteiger partial charge is 0.349 e. The lowest BCUT2D eigenvalue weighted by Gasteiger charge is -2.40. The predicted octanol–water partition coefficient (Wildman–Crippen LogP) is 3.02. The predicted molar refractivity (Wildman–Crippen MR) is 120 cm³/mol. The van der Waals surface area contributed by atoms with Crippen LogP contribution in [0.2, 0.25) is 0 Å². The molecule has 2 fully saturated rings. The van der Waals surface area contributed by atoms with Crippen molar-refractivity contribution in [2.45, 2.75) is 45.2 Å². The van der Waals surface area contributed by atoms with Crippen molar-refractivity contribution in [3.8, 4) is 0 Å². The van der Waals surface area contributed by atoms with E-state index in [4.69, 9.17) is 0 Å². The van der Waals surface area contributed by atoms with Crippen LogP contribution in [-0.2, 0) is 11.3 Å². The Hall–Kier alpha value is -2.73. The van der Waals surface area contributed by atoms with Crippen LogP contribution in [-0.4, -0.2) is 58.8 Å². The van der Waals surface area contributed by atoms with Crippen molar-refractivity contribution >= 4 is 11.8 Å². The number of benzene rings is 1. The first-order chi connectivity index (χ1) is 15.1. The Kier molecular flexibility index (Phi) is 6.97. The maximum absolute atomic E-state index is 13.2. The first-order valence-electron chi connectivity index (χ1n) is 11.4. The van der Waals surface area contributed by atoms with E-state index in [1.54, 1.807) is 6.20 Å². The summed E-state index contributed by atoms with van der Waals surface area (Å²) in [6, 6.07) is 13.4. The van der Waals surface area contributed by atoms with Gasteiger partial charge in [-0.05, 0) is 49.9 Å². The second-order valence-corrected chi connectivity index (χ2v) is 8.72. The number of hydrogen-bond donors (Lipinski definition) is 1. The van der Waals surface area contributed by atoms with Crippen LogP contribution >= 0.6 is 0 Å². The van der Waals surface area contributed by atoms with Gasteiger partial charge in [-0.15, -0.1) is 0 Å². The van der Waals surface area contributed by atoms with Crippen molar-refractivity contribution in [1.82, 2.24) is 20.1 Å². The van der Waals surface area contributed by atoms with Crippen LogP contribution < -0.4 is 5.32 Å². The van der Waals surface area contributed by atoms with Crippen LogP contribution in [0.25, 0.3) is 0 Å². The highest BCUT2D eigenvalue weighted by atomic mass is 16.2. The van der Waals surface area contributed by atoms with Gasteiger partial charge in [-0.1, -0.05) is 36.6 Å². The Balaban J connectivity index is 1.38. The normalized spacial score (nSPS) is 18.7. The quantitative estimate of drug-likeness (QED) is 0.780. The molecule has 1 aromatic heterocycles. The van der Waals surface area contributed by atoms with Gasteiger partial charge < -0.3 is 10.2 Å². The summed E-state index contributed by atoms with van der Waals surface area (Å²) in [7, 11) is 0. The molecule has 31 heavy (non-hydrogen) atoms.